The van der Waals surface area contributed by atoms with Gasteiger partial charge in [0.2, 0.25) is 5.91 Å². The zero-order valence-corrected chi connectivity index (χ0v) is 10.4. The Morgan fingerprint density at radius 1 is 1.53 bits per heavy atom. The molecule has 17 heavy (non-hydrogen) atoms. The van der Waals surface area contributed by atoms with E-state index in [1.807, 2.05) is 19.9 Å². The molecule has 0 bridgehead atoms. The molecule has 4 heteroatoms. The highest BCUT2D eigenvalue weighted by molar-refractivity contribution is 5.72. The molecule has 0 unspecified atom stereocenters. The van der Waals surface area contributed by atoms with Gasteiger partial charge in [0.25, 0.3) is 0 Å². The third-order valence-corrected chi connectivity index (χ3v) is 2.25. The number of hydrogen-bond donors (Lipinski definition) is 2. The molecule has 0 radical (unpaired) electrons. The van der Waals surface area contributed by atoms with E-state index in [1.54, 1.807) is 0 Å². The predicted octanol–water partition coefficient (Wildman–Crippen LogP) is 1.16. The second-order valence-electron chi connectivity index (χ2n) is 3.86. The molecule has 0 saturated carbocycles. The minimum absolute atomic E-state index is 0.0340. The van der Waals surface area contributed by atoms with Crippen LogP contribution in [0, 0.1) is 25.7 Å². The lowest BCUT2D eigenvalue weighted by Crippen LogP contribution is -2.20. The van der Waals surface area contributed by atoms with Crippen LogP contribution in [-0.2, 0) is 4.79 Å². The summed E-state index contributed by atoms with van der Waals surface area (Å²) in [4.78, 5) is 14.8. The number of nitrogens with two attached hydrogens (primary N) is 1. The SMILES string of the molecule is CC(=O)NCCC#Cc1c(C)cc(N)nc1C. The number of nitrogens with zero attached hydrogens (tertiary/aromatic N) is 1. The molecule has 1 aromatic heterocycles. The van der Waals surface area contributed by atoms with E-state index >= 15 is 0 Å². The van der Waals surface area contributed by atoms with E-state index in [4.69, 9.17) is 5.73 Å². The van der Waals surface area contributed by atoms with Crippen molar-refractivity contribution < 1.29 is 4.79 Å². The molecule has 0 spiro atoms. The maximum Gasteiger partial charge on any atom is 0.216 e. The molecule has 1 rings (SSSR count). The van der Waals surface area contributed by atoms with Crippen molar-refractivity contribution in [3.63, 3.8) is 0 Å². The molecule has 90 valence electrons. The fourth-order valence-electron chi connectivity index (χ4n) is 1.50. The van der Waals surface area contributed by atoms with Gasteiger partial charge in [-0.1, -0.05) is 11.8 Å². The number of amides is 1. The lowest BCUT2D eigenvalue weighted by molar-refractivity contribution is -0.118. The number of carbonyl (C=O) groups is 1. The lowest BCUT2D eigenvalue weighted by atomic mass is 10.1. The van der Waals surface area contributed by atoms with Gasteiger partial charge in [-0.25, -0.2) is 4.98 Å². The topological polar surface area (TPSA) is 68.0 Å². The third kappa shape index (κ3) is 4.15. The zero-order chi connectivity index (χ0) is 12.8. The fraction of sp³-hybridized carbons (Fsp3) is 0.385. The average molecular weight is 231 g/mol. The van der Waals surface area contributed by atoms with Crippen LogP contribution in [-0.4, -0.2) is 17.4 Å². The summed E-state index contributed by atoms with van der Waals surface area (Å²) in [7, 11) is 0. The van der Waals surface area contributed by atoms with Crippen molar-refractivity contribution in [3.05, 3.63) is 22.9 Å². The smallest absolute Gasteiger partial charge is 0.216 e. The van der Waals surface area contributed by atoms with Gasteiger partial charge < -0.3 is 11.1 Å². The maximum atomic E-state index is 10.6. The van der Waals surface area contributed by atoms with Gasteiger partial charge in [-0.2, -0.15) is 0 Å². The molecule has 0 aliphatic carbocycles. The van der Waals surface area contributed by atoms with E-state index in [0.717, 1.165) is 16.8 Å². The van der Waals surface area contributed by atoms with Crippen LogP contribution < -0.4 is 11.1 Å². The summed E-state index contributed by atoms with van der Waals surface area (Å²) in [5, 5.41) is 2.69. The van der Waals surface area contributed by atoms with Gasteiger partial charge in [0, 0.05) is 25.5 Å². The van der Waals surface area contributed by atoms with E-state index in [9.17, 15) is 4.79 Å². The molecule has 0 fully saturated rings. The van der Waals surface area contributed by atoms with Crippen molar-refractivity contribution in [2.45, 2.75) is 27.2 Å². The van der Waals surface area contributed by atoms with Crippen LogP contribution in [0.3, 0.4) is 0 Å². The standard InChI is InChI=1S/C13H17N3O/c1-9-8-13(14)16-10(2)12(9)6-4-5-7-15-11(3)17/h8H,5,7H2,1-3H3,(H2,14,16)(H,15,17). The number of hydrogen-bond acceptors (Lipinski definition) is 3. The second-order valence-corrected chi connectivity index (χ2v) is 3.86. The Balaban J connectivity index is 2.69. The van der Waals surface area contributed by atoms with E-state index in [-0.39, 0.29) is 5.91 Å². The number of pyridine rings is 1. The minimum Gasteiger partial charge on any atom is -0.384 e. The Labute approximate surface area is 102 Å². The summed E-state index contributed by atoms with van der Waals surface area (Å²) in [6.07, 6.45) is 0.628. The first kappa shape index (κ1) is 13.0. The number of rotatable bonds is 2. The average Bonchev–Trinajstić information content (AvgIpc) is 2.20. The van der Waals surface area contributed by atoms with E-state index < -0.39 is 0 Å². The normalized spacial score (nSPS) is 9.35. The van der Waals surface area contributed by atoms with Gasteiger partial charge in [-0.05, 0) is 25.5 Å². The highest BCUT2D eigenvalue weighted by Gasteiger charge is 2.01. The minimum atomic E-state index is -0.0340. The molecule has 0 saturated heterocycles. The van der Waals surface area contributed by atoms with Crippen LogP contribution in [0.2, 0.25) is 0 Å². The molecule has 4 nitrogen and oxygen atoms in total. The molecule has 3 N–H and O–H groups in total. The maximum absolute atomic E-state index is 10.6. The highest BCUT2D eigenvalue weighted by Crippen LogP contribution is 2.12. The summed E-state index contributed by atoms with van der Waals surface area (Å²) in [5.41, 5.74) is 8.42. The van der Waals surface area contributed by atoms with Crippen LogP contribution in [0.4, 0.5) is 5.82 Å². The zero-order valence-electron chi connectivity index (χ0n) is 10.4. The largest absolute Gasteiger partial charge is 0.384 e. The number of nitrogen functional groups attached to an aromatic ring is 1. The van der Waals surface area contributed by atoms with Crippen LogP contribution >= 0.6 is 0 Å². The van der Waals surface area contributed by atoms with Crippen molar-refractivity contribution in [1.82, 2.24) is 10.3 Å². The van der Waals surface area contributed by atoms with E-state index in [1.165, 1.54) is 6.92 Å². The first-order chi connectivity index (χ1) is 8.00. The van der Waals surface area contributed by atoms with Crippen molar-refractivity contribution in [2.75, 3.05) is 12.3 Å². The molecule has 1 heterocycles. The van der Waals surface area contributed by atoms with Crippen molar-refractivity contribution in [1.29, 1.82) is 0 Å². The van der Waals surface area contributed by atoms with Crippen molar-refractivity contribution in [3.8, 4) is 11.8 Å². The van der Waals surface area contributed by atoms with Crippen molar-refractivity contribution >= 4 is 11.7 Å². The quantitative estimate of drug-likeness (QED) is 0.593. The van der Waals surface area contributed by atoms with Gasteiger partial charge in [0.05, 0.1) is 5.69 Å². The monoisotopic (exact) mass is 231 g/mol. The predicted molar refractivity (Wildman–Crippen MR) is 68.3 cm³/mol. The van der Waals surface area contributed by atoms with E-state index in [2.05, 4.69) is 22.1 Å². The van der Waals surface area contributed by atoms with Crippen LogP contribution in [0.15, 0.2) is 6.07 Å². The van der Waals surface area contributed by atoms with Crippen LogP contribution in [0.1, 0.15) is 30.2 Å². The summed E-state index contributed by atoms with van der Waals surface area (Å²) < 4.78 is 0. The number of anilines is 1. The third-order valence-electron chi connectivity index (χ3n) is 2.25. The molecular formula is C13H17N3O. The summed E-state index contributed by atoms with van der Waals surface area (Å²) >= 11 is 0. The molecule has 0 atom stereocenters. The summed E-state index contributed by atoms with van der Waals surface area (Å²) in [5.74, 6) is 6.56. The molecular weight excluding hydrogens is 214 g/mol. The molecule has 0 aromatic carbocycles. The van der Waals surface area contributed by atoms with Crippen molar-refractivity contribution in [2.24, 2.45) is 0 Å². The van der Waals surface area contributed by atoms with Crippen LogP contribution in [0.5, 0.6) is 0 Å². The fourth-order valence-corrected chi connectivity index (χ4v) is 1.50. The first-order valence-electron chi connectivity index (χ1n) is 5.47. The number of nitrogens with one attached hydrogen (secondary N) is 1. The Hall–Kier alpha value is -2.02. The Kier molecular flexibility index (Phi) is 4.53. The Bertz CT molecular complexity index is 460. The van der Waals surface area contributed by atoms with Gasteiger partial charge in [0.15, 0.2) is 0 Å². The van der Waals surface area contributed by atoms with Gasteiger partial charge in [-0.3, -0.25) is 4.79 Å². The van der Waals surface area contributed by atoms with E-state index in [0.29, 0.717) is 18.8 Å². The Morgan fingerprint density at radius 2 is 2.24 bits per heavy atom. The van der Waals surface area contributed by atoms with Gasteiger partial charge >= 0.3 is 0 Å². The molecule has 1 aromatic rings. The first-order valence-corrected chi connectivity index (χ1v) is 5.47. The number of aryl methyl sites for hydroxylation is 2. The number of carbonyl (C=O) groups excluding carboxylic acids is 1. The lowest BCUT2D eigenvalue weighted by Gasteiger charge is -2.03. The van der Waals surface area contributed by atoms with Crippen LogP contribution in [0.25, 0.3) is 0 Å². The molecule has 1 amide bonds. The van der Waals surface area contributed by atoms with Gasteiger partial charge in [-0.15, -0.1) is 0 Å². The molecule has 0 aliphatic rings. The molecule has 0 aliphatic heterocycles. The number of aromatic nitrogens is 1. The summed E-state index contributed by atoms with van der Waals surface area (Å²) in [6, 6.07) is 1.81. The Morgan fingerprint density at radius 3 is 2.82 bits per heavy atom. The highest BCUT2D eigenvalue weighted by atomic mass is 16.1. The van der Waals surface area contributed by atoms with Gasteiger partial charge in [0.1, 0.15) is 5.82 Å². The second kappa shape index (κ2) is 5.90. The summed E-state index contributed by atoms with van der Waals surface area (Å²) in [6.45, 7) is 5.92.